The van der Waals surface area contributed by atoms with Crippen molar-refractivity contribution < 1.29 is 5.11 Å². The molecule has 1 saturated heterocycles. The zero-order valence-electron chi connectivity index (χ0n) is 7.40. The molecule has 0 radical (unpaired) electrons. The third kappa shape index (κ3) is 1.66. The maximum absolute atomic E-state index is 9.12. The second kappa shape index (κ2) is 3.36. The highest BCUT2D eigenvalue weighted by Crippen LogP contribution is 2.23. The summed E-state index contributed by atoms with van der Waals surface area (Å²) < 4.78 is 0. The Balaban J connectivity index is 2.20. The Morgan fingerprint density at radius 2 is 1.92 bits per heavy atom. The van der Waals surface area contributed by atoms with Crippen LogP contribution in [-0.2, 0) is 0 Å². The van der Waals surface area contributed by atoms with Gasteiger partial charge in [-0.2, -0.15) is 0 Å². The second-order valence-corrected chi connectivity index (χ2v) is 3.52. The van der Waals surface area contributed by atoms with Crippen LogP contribution in [0.3, 0.4) is 0 Å². The normalized spacial score (nSPS) is 27.8. The summed E-state index contributed by atoms with van der Waals surface area (Å²) in [5, 5.41) is 12.4. The van der Waals surface area contributed by atoms with Crippen LogP contribution in [0, 0.1) is 0 Å². The van der Waals surface area contributed by atoms with Crippen LogP contribution in [0.1, 0.15) is 11.5 Å². The van der Waals surface area contributed by atoms with Crippen molar-refractivity contribution in [2.75, 3.05) is 13.1 Å². The maximum Gasteiger partial charge on any atom is 0.115 e. The second-order valence-electron chi connectivity index (χ2n) is 3.52. The Labute approximate surface area is 77.6 Å². The van der Waals surface area contributed by atoms with E-state index in [4.69, 9.17) is 10.8 Å². The maximum atomic E-state index is 9.12. The van der Waals surface area contributed by atoms with E-state index in [2.05, 4.69) is 5.32 Å². The molecule has 2 rings (SSSR count). The van der Waals surface area contributed by atoms with Crippen molar-refractivity contribution in [2.45, 2.75) is 12.0 Å². The molecule has 0 amide bonds. The monoisotopic (exact) mass is 178 g/mol. The summed E-state index contributed by atoms with van der Waals surface area (Å²) in [5.74, 6) is 0.698. The molecule has 0 saturated carbocycles. The zero-order chi connectivity index (χ0) is 9.26. The quantitative estimate of drug-likeness (QED) is 0.583. The van der Waals surface area contributed by atoms with E-state index in [1.54, 1.807) is 12.1 Å². The Morgan fingerprint density at radius 3 is 2.46 bits per heavy atom. The first-order valence-corrected chi connectivity index (χ1v) is 4.52. The van der Waals surface area contributed by atoms with Crippen LogP contribution in [0.2, 0.25) is 0 Å². The minimum atomic E-state index is 0.199. The van der Waals surface area contributed by atoms with E-state index in [-0.39, 0.29) is 6.04 Å². The number of rotatable bonds is 1. The van der Waals surface area contributed by atoms with Gasteiger partial charge in [-0.05, 0) is 17.7 Å². The van der Waals surface area contributed by atoms with E-state index >= 15 is 0 Å². The van der Waals surface area contributed by atoms with Crippen LogP contribution in [0.4, 0.5) is 0 Å². The first kappa shape index (κ1) is 8.53. The third-order valence-corrected chi connectivity index (χ3v) is 2.58. The van der Waals surface area contributed by atoms with Gasteiger partial charge in [0.1, 0.15) is 5.75 Å². The summed E-state index contributed by atoms with van der Waals surface area (Å²) in [7, 11) is 0. The molecule has 1 aliphatic heterocycles. The Hall–Kier alpha value is -1.06. The third-order valence-electron chi connectivity index (χ3n) is 2.58. The van der Waals surface area contributed by atoms with Crippen LogP contribution < -0.4 is 11.1 Å². The number of hydrogen-bond acceptors (Lipinski definition) is 3. The molecule has 1 heterocycles. The molecule has 3 heteroatoms. The molecular weight excluding hydrogens is 164 g/mol. The van der Waals surface area contributed by atoms with Crippen molar-refractivity contribution in [3.8, 4) is 5.75 Å². The fourth-order valence-corrected chi connectivity index (χ4v) is 1.79. The molecule has 0 aromatic heterocycles. The van der Waals surface area contributed by atoms with Gasteiger partial charge in [-0.25, -0.2) is 0 Å². The van der Waals surface area contributed by atoms with E-state index < -0.39 is 0 Å². The molecule has 0 bridgehead atoms. The topological polar surface area (TPSA) is 58.3 Å². The minimum Gasteiger partial charge on any atom is -0.508 e. The molecule has 13 heavy (non-hydrogen) atoms. The van der Waals surface area contributed by atoms with E-state index in [0.29, 0.717) is 11.7 Å². The van der Waals surface area contributed by atoms with Crippen LogP contribution in [0.15, 0.2) is 24.3 Å². The van der Waals surface area contributed by atoms with E-state index in [1.807, 2.05) is 12.1 Å². The molecule has 0 unspecified atom stereocenters. The number of hydrogen-bond donors (Lipinski definition) is 3. The first-order valence-electron chi connectivity index (χ1n) is 4.52. The first-order chi connectivity index (χ1) is 6.27. The number of phenols is 1. The largest absolute Gasteiger partial charge is 0.508 e. The molecule has 1 aromatic carbocycles. The summed E-state index contributed by atoms with van der Waals surface area (Å²) in [4.78, 5) is 0. The van der Waals surface area contributed by atoms with Gasteiger partial charge < -0.3 is 16.2 Å². The van der Waals surface area contributed by atoms with Crippen LogP contribution in [-0.4, -0.2) is 24.2 Å². The molecule has 70 valence electrons. The Bertz CT molecular complexity index is 283. The lowest BCUT2D eigenvalue weighted by atomic mass is 9.95. The van der Waals surface area contributed by atoms with Gasteiger partial charge in [0.05, 0.1) is 0 Å². The lowest BCUT2D eigenvalue weighted by Crippen LogP contribution is -2.27. The molecule has 3 nitrogen and oxygen atoms in total. The fourth-order valence-electron chi connectivity index (χ4n) is 1.79. The van der Waals surface area contributed by atoms with Gasteiger partial charge in [0.2, 0.25) is 0 Å². The van der Waals surface area contributed by atoms with Crippen molar-refractivity contribution in [2.24, 2.45) is 5.73 Å². The standard InChI is InChI=1S/C10H14N2O/c11-10-6-12-5-9(10)7-1-3-8(13)4-2-7/h1-4,9-10,12-13H,5-6,11H2/t9-,10+/m0/s1. The summed E-state index contributed by atoms with van der Waals surface area (Å²) in [5.41, 5.74) is 7.13. The van der Waals surface area contributed by atoms with Gasteiger partial charge in [-0.1, -0.05) is 12.1 Å². The molecule has 1 aliphatic rings. The average Bonchev–Trinajstić information content (AvgIpc) is 2.53. The van der Waals surface area contributed by atoms with Gasteiger partial charge in [-0.3, -0.25) is 0 Å². The van der Waals surface area contributed by atoms with E-state index in [1.165, 1.54) is 5.56 Å². The summed E-state index contributed by atoms with van der Waals surface area (Å²) >= 11 is 0. The fraction of sp³-hybridized carbons (Fsp3) is 0.400. The van der Waals surface area contributed by atoms with Crippen LogP contribution in [0.5, 0.6) is 5.75 Å². The molecular formula is C10H14N2O. The van der Waals surface area contributed by atoms with Crippen molar-refractivity contribution >= 4 is 0 Å². The predicted octanol–water partition coefficient (Wildman–Crippen LogP) is 0.406. The van der Waals surface area contributed by atoms with Crippen molar-refractivity contribution in [1.29, 1.82) is 0 Å². The smallest absolute Gasteiger partial charge is 0.115 e. The highest BCUT2D eigenvalue weighted by atomic mass is 16.3. The Morgan fingerprint density at radius 1 is 1.23 bits per heavy atom. The van der Waals surface area contributed by atoms with Gasteiger partial charge >= 0.3 is 0 Å². The van der Waals surface area contributed by atoms with Gasteiger partial charge in [0.25, 0.3) is 0 Å². The number of nitrogens with one attached hydrogen (secondary N) is 1. The van der Waals surface area contributed by atoms with Gasteiger partial charge in [-0.15, -0.1) is 0 Å². The van der Waals surface area contributed by atoms with Crippen LogP contribution in [0.25, 0.3) is 0 Å². The molecule has 2 atom stereocenters. The molecule has 1 fully saturated rings. The molecule has 0 spiro atoms. The Kier molecular flexibility index (Phi) is 2.20. The van der Waals surface area contributed by atoms with Crippen molar-refractivity contribution in [1.82, 2.24) is 5.32 Å². The van der Waals surface area contributed by atoms with E-state index in [9.17, 15) is 0 Å². The van der Waals surface area contributed by atoms with Gasteiger partial charge in [0.15, 0.2) is 0 Å². The summed E-state index contributed by atoms with van der Waals surface area (Å²) in [6.45, 7) is 1.82. The lowest BCUT2D eigenvalue weighted by molar-refractivity contribution is 0.474. The van der Waals surface area contributed by atoms with E-state index in [0.717, 1.165) is 13.1 Å². The lowest BCUT2D eigenvalue weighted by Gasteiger charge is -2.14. The van der Waals surface area contributed by atoms with Crippen molar-refractivity contribution in [3.05, 3.63) is 29.8 Å². The SMILES string of the molecule is N[C@@H]1CNC[C@H]1c1ccc(O)cc1. The summed E-state index contributed by atoms with van der Waals surface area (Å²) in [6.07, 6.45) is 0. The van der Waals surface area contributed by atoms with Gasteiger partial charge in [0, 0.05) is 25.0 Å². The number of aromatic hydroxyl groups is 1. The highest BCUT2D eigenvalue weighted by molar-refractivity contribution is 5.30. The number of nitrogens with two attached hydrogens (primary N) is 1. The average molecular weight is 178 g/mol. The van der Waals surface area contributed by atoms with Crippen molar-refractivity contribution in [3.63, 3.8) is 0 Å². The molecule has 1 aromatic rings. The zero-order valence-corrected chi connectivity index (χ0v) is 7.40. The number of phenolic OH excluding ortho intramolecular Hbond substituents is 1. The van der Waals surface area contributed by atoms with Crippen LogP contribution >= 0.6 is 0 Å². The molecule has 4 N–H and O–H groups in total. The molecule has 0 aliphatic carbocycles. The predicted molar refractivity (Wildman–Crippen MR) is 51.7 cm³/mol. The summed E-state index contributed by atoms with van der Waals surface area (Å²) in [6, 6.07) is 7.49. The minimum absolute atomic E-state index is 0.199. The highest BCUT2D eigenvalue weighted by Gasteiger charge is 2.24. The number of benzene rings is 1.